The summed E-state index contributed by atoms with van der Waals surface area (Å²) < 4.78 is 4.46. The van der Waals surface area contributed by atoms with Gasteiger partial charge in [-0.25, -0.2) is 4.79 Å². The van der Waals surface area contributed by atoms with Crippen LogP contribution < -0.4 is 0 Å². The molecule has 0 fully saturated rings. The van der Waals surface area contributed by atoms with Crippen molar-refractivity contribution in [2.45, 2.75) is 19.3 Å². The number of aliphatic hydroxyl groups excluding tert-OH is 1. The van der Waals surface area contributed by atoms with E-state index in [9.17, 15) is 4.79 Å². The maximum Gasteiger partial charge on any atom is 0.331 e. The van der Waals surface area contributed by atoms with Gasteiger partial charge in [-0.3, -0.25) is 0 Å². The first-order chi connectivity index (χ1) is 6.70. The predicted octanol–water partition coefficient (Wildman–Crippen LogP) is 0.767. The van der Waals surface area contributed by atoms with Gasteiger partial charge in [0.15, 0.2) is 0 Å². The van der Waals surface area contributed by atoms with Gasteiger partial charge in [0, 0.05) is 32.5 Å². The molecule has 14 heavy (non-hydrogen) atoms. The van der Waals surface area contributed by atoms with E-state index in [0.717, 1.165) is 25.8 Å². The number of nitrogens with zero attached hydrogens (tertiary/aromatic N) is 1. The highest BCUT2D eigenvalue weighted by Gasteiger charge is 1.94. The summed E-state index contributed by atoms with van der Waals surface area (Å²) in [6, 6.07) is 0. The second kappa shape index (κ2) is 8.56. The third-order valence-electron chi connectivity index (χ3n) is 1.84. The van der Waals surface area contributed by atoms with Gasteiger partial charge in [0.2, 0.25) is 0 Å². The average Bonchev–Trinajstić information content (AvgIpc) is 2.21. The SMILES string of the molecule is COC(=O)/C=C/N(C)CCCCCO. The molecule has 0 atom stereocenters. The summed E-state index contributed by atoms with van der Waals surface area (Å²) >= 11 is 0. The van der Waals surface area contributed by atoms with Crippen molar-refractivity contribution in [3.63, 3.8) is 0 Å². The fraction of sp³-hybridized carbons (Fsp3) is 0.700. The van der Waals surface area contributed by atoms with Crippen molar-refractivity contribution in [1.29, 1.82) is 0 Å². The first-order valence-corrected chi connectivity index (χ1v) is 4.78. The van der Waals surface area contributed by atoms with Gasteiger partial charge in [0.1, 0.15) is 0 Å². The van der Waals surface area contributed by atoms with Gasteiger partial charge in [0.25, 0.3) is 0 Å². The number of aliphatic hydroxyl groups is 1. The van der Waals surface area contributed by atoms with Crippen molar-refractivity contribution in [2.24, 2.45) is 0 Å². The van der Waals surface area contributed by atoms with Crippen LogP contribution in [-0.2, 0) is 9.53 Å². The van der Waals surface area contributed by atoms with Crippen LogP contribution in [0.4, 0.5) is 0 Å². The Balaban J connectivity index is 3.49. The molecule has 4 heteroatoms. The second-order valence-electron chi connectivity index (χ2n) is 3.10. The van der Waals surface area contributed by atoms with Crippen LogP contribution in [0, 0.1) is 0 Å². The average molecular weight is 201 g/mol. The lowest BCUT2D eigenvalue weighted by Crippen LogP contribution is -2.13. The van der Waals surface area contributed by atoms with Crippen LogP contribution in [0.1, 0.15) is 19.3 Å². The highest BCUT2D eigenvalue weighted by atomic mass is 16.5. The molecule has 0 aromatic rings. The van der Waals surface area contributed by atoms with Crippen LogP contribution in [-0.4, -0.2) is 43.3 Å². The zero-order chi connectivity index (χ0) is 10.8. The van der Waals surface area contributed by atoms with Crippen LogP contribution >= 0.6 is 0 Å². The van der Waals surface area contributed by atoms with Gasteiger partial charge in [-0.15, -0.1) is 0 Å². The third-order valence-corrected chi connectivity index (χ3v) is 1.84. The summed E-state index contributed by atoms with van der Waals surface area (Å²) in [5.41, 5.74) is 0. The van der Waals surface area contributed by atoms with Gasteiger partial charge < -0.3 is 14.7 Å². The molecule has 0 unspecified atom stereocenters. The van der Waals surface area contributed by atoms with E-state index in [1.54, 1.807) is 6.20 Å². The van der Waals surface area contributed by atoms with Gasteiger partial charge >= 0.3 is 5.97 Å². The number of carbonyl (C=O) groups is 1. The van der Waals surface area contributed by atoms with Gasteiger partial charge in [-0.2, -0.15) is 0 Å². The maximum absolute atomic E-state index is 10.7. The highest BCUT2D eigenvalue weighted by Crippen LogP contribution is 1.97. The summed E-state index contributed by atoms with van der Waals surface area (Å²) in [5, 5.41) is 8.55. The molecule has 0 saturated heterocycles. The Labute approximate surface area is 85.2 Å². The van der Waals surface area contributed by atoms with Crippen molar-refractivity contribution in [3.05, 3.63) is 12.3 Å². The van der Waals surface area contributed by atoms with Gasteiger partial charge in [0.05, 0.1) is 7.11 Å². The predicted molar refractivity (Wildman–Crippen MR) is 54.7 cm³/mol. The summed E-state index contributed by atoms with van der Waals surface area (Å²) in [6.45, 7) is 1.13. The number of hydrogen-bond donors (Lipinski definition) is 1. The van der Waals surface area contributed by atoms with E-state index in [1.807, 2.05) is 11.9 Å². The topological polar surface area (TPSA) is 49.8 Å². The standard InChI is InChI=1S/C10H19NO3/c1-11(7-4-3-5-9-12)8-6-10(13)14-2/h6,8,12H,3-5,7,9H2,1-2H3/b8-6+. The van der Waals surface area contributed by atoms with Crippen LogP contribution in [0.15, 0.2) is 12.3 Å². The molecule has 0 rings (SSSR count). The molecule has 0 aromatic heterocycles. The molecule has 0 aliphatic heterocycles. The summed E-state index contributed by atoms with van der Waals surface area (Å²) in [4.78, 5) is 12.6. The van der Waals surface area contributed by atoms with Crippen LogP contribution in [0.5, 0.6) is 0 Å². The zero-order valence-electron chi connectivity index (χ0n) is 8.90. The molecular weight excluding hydrogens is 182 g/mol. The maximum atomic E-state index is 10.7. The Morgan fingerprint density at radius 3 is 2.71 bits per heavy atom. The van der Waals surface area contributed by atoms with Crippen LogP contribution in [0.3, 0.4) is 0 Å². The monoisotopic (exact) mass is 201 g/mol. The van der Waals surface area contributed by atoms with Crippen molar-refractivity contribution < 1.29 is 14.6 Å². The largest absolute Gasteiger partial charge is 0.466 e. The summed E-state index contributed by atoms with van der Waals surface area (Å²) in [6.07, 6.45) is 5.96. The molecule has 0 aliphatic carbocycles. The number of esters is 1. The summed E-state index contributed by atoms with van der Waals surface area (Å²) in [5.74, 6) is -0.341. The minimum absolute atomic E-state index is 0.252. The first-order valence-electron chi connectivity index (χ1n) is 4.78. The third kappa shape index (κ3) is 7.61. The fourth-order valence-corrected chi connectivity index (χ4v) is 0.980. The van der Waals surface area contributed by atoms with Crippen LogP contribution in [0.25, 0.3) is 0 Å². The van der Waals surface area contributed by atoms with E-state index >= 15 is 0 Å². The van der Waals surface area contributed by atoms with E-state index < -0.39 is 0 Å². The Morgan fingerprint density at radius 2 is 2.14 bits per heavy atom. The molecule has 1 N–H and O–H groups in total. The van der Waals surface area contributed by atoms with E-state index in [0.29, 0.717) is 0 Å². The second-order valence-corrected chi connectivity index (χ2v) is 3.10. The molecule has 82 valence electrons. The van der Waals surface area contributed by atoms with Crippen molar-refractivity contribution >= 4 is 5.97 Å². The summed E-state index contributed by atoms with van der Waals surface area (Å²) in [7, 11) is 3.26. The van der Waals surface area contributed by atoms with Crippen molar-refractivity contribution in [1.82, 2.24) is 4.90 Å². The number of methoxy groups -OCH3 is 1. The number of carbonyl (C=O) groups excluding carboxylic acids is 1. The van der Waals surface area contributed by atoms with Crippen LogP contribution in [0.2, 0.25) is 0 Å². The number of hydrogen-bond acceptors (Lipinski definition) is 4. The smallest absolute Gasteiger partial charge is 0.331 e. The van der Waals surface area contributed by atoms with Crippen molar-refractivity contribution in [3.8, 4) is 0 Å². The van der Waals surface area contributed by atoms with Gasteiger partial charge in [-0.1, -0.05) is 0 Å². The Kier molecular flexibility index (Phi) is 7.93. The molecule has 0 amide bonds. The molecule has 0 saturated carbocycles. The Morgan fingerprint density at radius 1 is 1.43 bits per heavy atom. The Hall–Kier alpha value is -1.03. The van der Waals surface area contributed by atoms with E-state index in [-0.39, 0.29) is 12.6 Å². The number of rotatable bonds is 7. The number of ether oxygens (including phenoxy) is 1. The minimum Gasteiger partial charge on any atom is -0.466 e. The fourth-order valence-electron chi connectivity index (χ4n) is 0.980. The minimum atomic E-state index is -0.341. The first kappa shape index (κ1) is 13.0. The Bertz CT molecular complexity index is 180. The molecule has 0 bridgehead atoms. The normalized spacial score (nSPS) is 10.5. The lowest BCUT2D eigenvalue weighted by atomic mass is 10.2. The van der Waals surface area contributed by atoms with Crippen molar-refractivity contribution in [2.75, 3.05) is 27.3 Å². The molecule has 4 nitrogen and oxygen atoms in total. The van der Waals surface area contributed by atoms with E-state index in [2.05, 4.69) is 4.74 Å². The zero-order valence-corrected chi connectivity index (χ0v) is 8.90. The molecule has 0 spiro atoms. The quantitative estimate of drug-likeness (QED) is 0.375. The van der Waals surface area contributed by atoms with Gasteiger partial charge in [-0.05, 0) is 19.3 Å². The molecular formula is C10H19NO3. The lowest BCUT2D eigenvalue weighted by molar-refractivity contribution is -0.134. The molecule has 0 aromatic carbocycles. The molecule has 0 heterocycles. The van der Waals surface area contributed by atoms with E-state index in [1.165, 1.54) is 13.2 Å². The van der Waals surface area contributed by atoms with E-state index in [4.69, 9.17) is 5.11 Å². The molecule has 0 aliphatic rings. The highest BCUT2D eigenvalue weighted by molar-refractivity contribution is 5.81. The number of unbranched alkanes of at least 4 members (excludes halogenated alkanes) is 2. The lowest BCUT2D eigenvalue weighted by Gasteiger charge is -2.12. The molecule has 0 radical (unpaired) electrons.